The van der Waals surface area contributed by atoms with E-state index >= 15 is 0 Å². The van der Waals surface area contributed by atoms with E-state index in [1.54, 1.807) is 11.9 Å². The minimum atomic E-state index is 0.701. The predicted octanol–water partition coefficient (Wildman–Crippen LogP) is 1.22. The van der Waals surface area contributed by atoms with Gasteiger partial charge in [-0.1, -0.05) is 18.4 Å². The van der Waals surface area contributed by atoms with Crippen LogP contribution in [0.15, 0.2) is 11.1 Å². The van der Waals surface area contributed by atoms with Crippen LogP contribution in [0.2, 0.25) is 0 Å². The molecule has 4 heteroatoms. The van der Waals surface area contributed by atoms with Crippen LogP contribution < -0.4 is 11.3 Å². The molecule has 1 aliphatic heterocycles. The fourth-order valence-electron chi connectivity index (χ4n) is 0.813. The van der Waals surface area contributed by atoms with E-state index < -0.39 is 0 Å². The van der Waals surface area contributed by atoms with E-state index in [-0.39, 0.29) is 0 Å². The van der Waals surface area contributed by atoms with Crippen molar-refractivity contribution in [1.29, 1.82) is 0 Å². The van der Waals surface area contributed by atoms with Gasteiger partial charge >= 0.3 is 0 Å². The van der Waals surface area contributed by atoms with E-state index in [1.165, 1.54) is 9.43 Å². The first kappa shape index (κ1) is 7.91. The van der Waals surface area contributed by atoms with Gasteiger partial charge in [0.05, 0.1) is 0 Å². The van der Waals surface area contributed by atoms with Gasteiger partial charge in [-0.15, -0.1) is 0 Å². The van der Waals surface area contributed by atoms with Crippen molar-refractivity contribution in [2.24, 2.45) is 11.8 Å². The highest BCUT2D eigenvalue weighted by Gasteiger charge is 2.11. The van der Waals surface area contributed by atoms with Gasteiger partial charge in [0.2, 0.25) is 0 Å². The lowest BCUT2D eigenvalue weighted by Crippen LogP contribution is -2.30. The molecule has 0 aliphatic carbocycles. The Labute approximate surface area is 65.7 Å². The molecule has 58 valence electrons. The van der Waals surface area contributed by atoms with E-state index in [0.29, 0.717) is 5.92 Å². The molecule has 1 rings (SSSR count). The van der Waals surface area contributed by atoms with E-state index in [9.17, 15) is 0 Å². The van der Waals surface area contributed by atoms with E-state index in [1.807, 2.05) is 6.20 Å². The average molecular weight is 159 g/mol. The molecule has 0 saturated carbocycles. The minimum absolute atomic E-state index is 0.701. The maximum Gasteiger partial charge on any atom is 0.0260 e. The molecule has 3 nitrogen and oxygen atoms in total. The lowest BCUT2D eigenvalue weighted by molar-refractivity contribution is 0.440. The van der Waals surface area contributed by atoms with Crippen LogP contribution >= 0.6 is 11.9 Å². The van der Waals surface area contributed by atoms with Crippen LogP contribution in [-0.4, -0.2) is 4.52 Å². The Kier molecular flexibility index (Phi) is 2.59. The summed E-state index contributed by atoms with van der Waals surface area (Å²) >= 11 is 1.55. The number of hydrogen-bond acceptors (Lipinski definition) is 4. The predicted molar refractivity (Wildman–Crippen MR) is 44.3 cm³/mol. The molecule has 0 fully saturated rings. The molecule has 3 N–H and O–H groups in total. The van der Waals surface area contributed by atoms with Crippen LogP contribution in [0.1, 0.15) is 20.3 Å². The molecule has 1 heterocycles. The highest BCUT2D eigenvalue weighted by molar-refractivity contribution is 8.00. The van der Waals surface area contributed by atoms with Gasteiger partial charge in [-0.25, -0.2) is 5.84 Å². The molecule has 0 radical (unpaired) electrons. The Morgan fingerprint density at radius 2 is 2.50 bits per heavy atom. The summed E-state index contributed by atoms with van der Waals surface area (Å²) in [4.78, 5) is 1.30. The Morgan fingerprint density at radius 1 is 1.80 bits per heavy atom. The Morgan fingerprint density at radius 3 is 2.90 bits per heavy atom. The quantitative estimate of drug-likeness (QED) is 0.469. The van der Waals surface area contributed by atoms with Crippen molar-refractivity contribution < 1.29 is 0 Å². The second kappa shape index (κ2) is 3.27. The zero-order valence-corrected chi connectivity index (χ0v) is 7.11. The van der Waals surface area contributed by atoms with Crippen LogP contribution in [0.5, 0.6) is 0 Å². The molecule has 0 aromatic carbocycles. The first-order chi connectivity index (χ1) is 4.68. The number of nitrogens with two attached hydrogens (primary N) is 1. The highest BCUT2D eigenvalue weighted by atomic mass is 32.2. The second-order valence-electron chi connectivity index (χ2n) is 2.75. The molecule has 0 amide bonds. The summed E-state index contributed by atoms with van der Waals surface area (Å²) < 4.78 is 1.51. The molecule has 10 heavy (non-hydrogen) atoms. The normalized spacial score (nSPS) is 19.4. The van der Waals surface area contributed by atoms with E-state index in [4.69, 9.17) is 5.84 Å². The van der Waals surface area contributed by atoms with Crippen molar-refractivity contribution in [3.63, 3.8) is 0 Å². The highest BCUT2D eigenvalue weighted by Crippen LogP contribution is 2.26. The Balaban J connectivity index is 2.30. The van der Waals surface area contributed by atoms with Gasteiger partial charge in [0.1, 0.15) is 0 Å². The Hall–Kier alpha value is -0.190. The third kappa shape index (κ3) is 2.21. The molecule has 0 aromatic heterocycles. The van der Waals surface area contributed by atoms with Crippen molar-refractivity contribution in [1.82, 2.24) is 9.95 Å². The minimum Gasteiger partial charge on any atom is -0.302 e. The largest absolute Gasteiger partial charge is 0.302 e. The fraction of sp³-hybridized carbons (Fsp3) is 0.667. The van der Waals surface area contributed by atoms with Crippen molar-refractivity contribution in [3.05, 3.63) is 11.1 Å². The summed E-state index contributed by atoms with van der Waals surface area (Å²) in [6.45, 7) is 4.39. The zero-order chi connectivity index (χ0) is 7.56. The molecular weight excluding hydrogens is 146 g/mol. The van der Waals surface area contributed by atoms with Gasteiger partial charge in [-0.2, -0.15) is 0 Å². The summed E-state index contributed by atoms with van der Waals surface area (Å²) in [6.07, 6.45) is 3.05. The van der Waals surface area contributed by atoms with Crippen molar-refractivity contribution >= 4 is 11.9 Å². The number of rotatable bonds is 2. The fourth-order valence-corrected chi connectivity index (χ4v) is 1.68. The maximum absolute atomic E-state index is 5.43. The van der Waals surface area contributed by atoms with Gasteiger partial charge in [0.15, 0.2) is 0 Å². The number of nitrogens with zero attached hydrogens (tertiary/aromatic N) is 1. The van der Waals surface area contributed by atoms with Crippen LogP contribution in [0.3, 0.4) is 0 Å². The summed E-state index contributed by atoms with van der Waals surface area (Å²) in [5.41, 5.74) is 2.89. The number of hydrazine groups is 2. The van der Waals surface area contributed by atoms with Crippen LogP contribution in [0.25, 0.3) is 0 Å². The first-order valence-electron chi connectivity index (χ1n) is 3.36. The third-order valence-electron chi connectivity index (χ3n) is 1.18. The number of allylic oxidation sites excluding steroid dienone is 1. The summed E-state index contributed by atoms with van der Waals surface area (Å²) in [5, 5.41) is 0. The van der Waals surface area contributed by atoms with Gasteiger partial charge in [-0.3, -0.25) is 0 Å². The standard InChI is InChI=1S/C6H13N3S/c1-5(2)3-6-4-8-9(7)10-6/h4-5,8H,3,7H2,1-2H3. The number of hydrogen-bond donors (Lipinski definition) is 2. The topological polar surface area (TPSA) is 41.3 Å². The molecular formula is C6H13N3S. The molecule has 0 aromatic rings. The van der Waals surface area contributed by atoms with Crippen LogP contribution in [0.4, 0.5) is 0 Å². The van der Waals surface area contributed by atoms with Gasteiger partial charge < -0.3 is 5.43 Å². The Bertz CT molecular complexity index is 144. The van der Waals surface area contributed by atoms with E-state index in [0.717, 1.165) is 6.42 Å². The SMILES string of the molecule is CC(C)CC1=CNN(N)S1. The van der Waals surface area contributed by atoms with Crippen LogP contribution in [-0.2, 0) is 0 Å². The summed E-state index contributed by atoms with van der Waals surface area (Å²) in [5.74, 6) is 6.13. The smallest absolute Gasteiger partial charge is 0.0260 e. The van der Waals surface area contributed by atoms with Crippen molar-refractivity contribution in [2.75, 3.05) is 0 Å². The number of nitrogens with one attached hydrogen (secondary N) is 1. The first-order valence-corrected chi connectivity index (χ1v) is 4.14. The van der Waals surface area contributed by atoms with Crippen molar-refractivity contribution in [3.8, 4) is 0 Å². The molecule has 0 unspecified atom stereocenters. The van der Waals surface area contributed by atoms with E-state index in [2.05, 4.69) is 19.3 Å². The van der Waals surface area contributed by atoms with Gasteiger partial charge in [0, 0.05) is 11.1 Å². The lowest BCUT2D eigenvalue weighted by Gasteiger charge is -2.06. The average Bonchev–Trinajstić information content (AvgIpc) is 2.13. The second-order valence-corrected chi connectivity index (χ2v) is 3.86. The lowest BCUT2D eigenvalue weighted by atomic mass is 10.1. The van der Waals surface area contributed by atoms with Gasteiger partial charge in [0.25, 0.3) is 0 Å². The van der Waals surface area contributed by atoms with Crippen molar-refractivity contribution in [2.45, 2.75) is 20.3 Å². The molecule has 0 bridgehead atoms. The maximum atomic E-state index is 5.43. The molecule has 0 atom stereocenters. The monoisotopic (exact) mass is 159 g/mol. The van der Waals surface area contributed by atoms with Gasteiger partial charge in [-0.05, 0) is 24.3 Å². The molecule has 0 saturated heterocycles. The van der Waals surface area contributed by atoms with Crippen LogP contribution in [0, 0.1) is 5.92 Å². The summed E-state index contributed by atoms with van der Waals surface area (Å²) in [7, 11) is 0. The molecule has 0 spiro atoms. The summed E-state index contributed by atoms with van der Waals surface area (Å²) in [6, 6.07) is 0. The molecule has 1 aliphatic rings. The zero-order valence-electron chi connectivity index (χ0n) is 6.29. The third-order valence-corrected chi connectivity index (χ3v) is 2.00.